The van der Waals surface area contributed by atoms with Crippen LogP contribution in [0.4, 0.5) is 5.69 Å². The van der Waals surface area contributed by atoms with Crippen molar-refractivity contribution in [3.63, 3.8) is 0 Å². The van der Waals surface area contributed by atoms with Gasteiger partial charge in [-0.25, -0.2) is 0 Å². The van der Waals surface area contributed by atoms with E-state index in [0.717, 1.165) is 12.8 Å². The Labute approximate surface area is 137 Å². The summed E-state index contributed by atoms with van der Waals surface area (Å²) in [6.45, 7) is 4.60. The first-order chi connectivity index (χ1) is 9.90. The Hall–Kier alpha value is -1.14. The smallest absolute Gasteiger partial charge is 0.283 e. The first-order valence-electron chi connectivity index (χ1n) is 6.76. The van der Waals surface area contributed by atoms with Crippen LogP contribution in [0.25, 0.3) is 0 Å². The third-order valence-corrected chi connectivity index (χ3v) is 4.73. The van der Waals surface area contributed by atoms with Gasteiger partial charge in [0.25, 0.3) is 11.6 Å². The van der Waals surface area contributed by atoms with Crippen molar-refractivity contribution in [2.24, 2.45) is 5.92 Å². The number of carbonyl (C=O) groups is 1. The normalized spacial score (nSPS) is 12.2. The van der Waals surface area contributed by atoms with Gasteiger partial charge in [-0.15, -0.1) is 0 Å². The average Bonchev–Trinajstić information content (AvgIpc) is 2.45. The highest BCUT2D eigenvalue weighted by atomic mass is 79.9. The van der Waals surface area contributed by atoms with Gasteiger partial charge in [-0.1, -0.05) is 54.2 Å². The van der Waals surface area contributed by atoms with Crippen LogP contribution in [0.15, 0.2) is 18.2 Å². The fourth-order valence-electron chi connectivity index (χ4n) is 2.10. The second-order valence-electron chi connectivity index (χ2n) is 4.72. The zero-order valence-electron chi connectivity index (χ0n) is 11.9. The summed E-state index contributed by atoms with van der Waals surface area (Å²) in [5.41, 5.74) is -0.262. The molecule has 21 heavy (non-hydrogen) atoms. The van der Waals surface area contributed by atoms with Gasteiger partial charge in [-0.3, -0.25) is 14.9 Å². The van der Waals surface area contributed by atoms with Gasteiger partial charge in [0.05, 0.1) is 4.92 Å². The predicted octanol–water partition coefficient (Wildman–Crippen LogP) is 4.18. The lowest BCUT2D eigenvalue weighted by Crippen LogP contribution is -2.33. The molecular weight excluding hydrogens is 360 g/mol. The summed E-state index contributed by atoms with van der Waals surface area (Å²) in [6, 6.07) is 4.02. The standard InChI is InChI=1S/C14H18BrClN2O3/c1-3-9(4-2)12(15)8-17-14(19)11-6-5-10(16)7-13(11)18(20)21/h5-7,9,12H,3-4,8H2,1-2H3,(H,17,19). The minimum Gasteiger partial charge on any atom is -0.351 e. The zero-order valence-corrected chi connectivity index (χ0v) is 14.3. The lowest BCUT2D eigenvalue weighted by atomic mass is 9.99. The molecule has 0 aliphatic heterocycles. The van der Waals surface area contributed by atoms with Gasteiger partial charge in [0.2, 0.25) is 0 Å². The zero-order chi connectivity index (χ0) is 16.0. The van der Waals surface area contributed by atoms with Crippen LogP contribution in [0.2, 0.25) is 5.02 Å². The topological polar surface area (TPSA) is 72.2 Å². The van der Waals surface area contributed by atoms with E-state index in [2.05, 4.69) is 35.1 Å². The Morgan fingerprint density at radius 1 is 1.43 bits per heavy atom. The third kappa shape index (κ3) is 4.97. The molecule has 0 bridgehead atoms. The molecule has 1 unspecified atom stereocenters. The summed E-state index contributed by atoms with van der Waals surface area (Å²) >= 11 is 9.28. The van der Waals surface area contributed by atoms with E-state index in [-0.39, 0.29) is 21.1 Å². The fraction of sp³-hybridized carbons (Fsp3) is 0.500. The van der Waals surface area contributed by atoms with Crippen molar-refractivity contribution < 1.29 is 9.72 Å². The number of nitro benzene ring substituents is 1. The average molecular weight is 378 g/mol. The van der Waals surface area contributed by atoms with E-state index < -0.39 is 10.8 Å². The minimum absolute atomic E-state index is 0.0219. The van der Waals surface area contributed by atoms with Gasteiger partial charge in [-0.2, -0.15) is 0 Å². The highest BCUT2D eigenvalue weighted by Gasteiger charge is 2.22. The van der Waals surface area contributed by atoms with Crippen LogP contribution in [0.1, 0.15) is 37.0 Å². The highest BCUT2D eigenvalue weighted by molar-refractivity contribution is 9.09. The molecule has 0 aliphatic carbocycles. The molecule has 0 saturated heterocycles. The van der Waals surface area contributed by atoms with Gasteiger partial charge in [0.15, 0.2) is 0 Å². The molecular formula is C14H18BrClN2O3. The molecule has 1 aromatic carbocycles. The molecule has 0 radical (unpaired) electrons. The van der Waals surface area contributed by atoms with Crippen molar-refractivity contribution in [3.8, 4) is 0 Å². The maximum atomic E-state index is 12.1. The Bertz CT molecular complexity index is 521. The van der Waals surface area contributed by atoms with E-state index in [1.54, 1.807) is 0 Å². The summed E-state index contributed by atoms with van der Waals surface area (Å²) in [4.78, 5) is 22.6. The first kappa shape index (κ1) is 17.9. The lowest BCUT2D eigenvalue weighted by Gasteiger charge is -2.19. The number of nitro groups is 1. The van der Waals surface area contributed by atoms with Gasteiger partial charge >= 0.3 is 0 Å². The monoisotopic (exact) mass is 376 g/mol. The van der Waals surface area contributed by atoms with E-state index in [1.165, 1.54) is 18.2 Å². The molecule has 1 rings (SSSR count). The number of alkyl halides is 1. The number of halogens is 2. The minimum atomic E-state index is -0.604. The van der Waals surface area contributed by atoms with Gasteiger partial charge < -0.3 is 5.32 Å². The number of rotatable bonds is 7. The number of hydrogen-bond acceptors (Lipinski definition) is 3. The number of hydrogen-bond donors (Lipinski definition) is 1. The predicted molar refractivity (Wildman–Crippen MR) is 87.2 cm³/mol. The largest absolute Gasteiger partial charge is 0.351 e. The first-order valence-corrected chi connectivity index (χ1v) is 8.06. The van der Waals surface area contributed by atoms with Crippen LogP contribution in [-0.2, 0) is 0 Å². The Morgan fingerprint density at radius 2 is 2.05 bits per heavy atom. The van der Waals surface area contributed by atoms with Crippen molar-refractivity contribution in [1.82, 2.24) is 5.32 Å². The van der Waals surface area contributed by atoms with Gasteiger partial charge in [0.1, 0.15) is 5.56 Å². The second-order valence-corrected chi connectivity index (χ2v) is 6.33. The van der Waals surface area contributed by atoms with E-state index in [4.69, 9.17) is 11.6 Å². The maximum absolute atomic E-state index is 12.1. The molecule has 1 atom stereocenters. The van der Waals surface area contributed by atoms with Gasteiger partial charge in [-0.05, 0) is 18.1 Å². The van der Waals surface area contributed by atoms with Crippen LogP contribution in [-0.4, -0.2) is 22.2 Å². The SMILES string of the molecule is CCC(CC)C(Br)CNC(=O)c1ccc(Cl)cc1[N+](=O)[O-]. The van der Waals surface area contributed by atoms with E-state index in [1.807, 2.05) is 0 Å². The van der Waals surface area contributed by atoms with Crippen molar-refractivity contribution in [1.29, 1.82) is 0 Å². The van der Waals surface area contributed by atoms with Crippen LogP contribution in [0.5, 0.6) is 0 Å². The molecule has 1 aromatic rings. The van der Waals surface area contributed by atoms with E-state index in [0.29, 0.717) is 12.5 Å². The summed E-state index contributed by atoms with van der Waals surface area (Å²) in [5, 5.41) is 13.9. The van der Waals surface area contributed by atoms with Crippen molar-refractivity contribution >= 4 is 39.1 Å². The van der Waals surface area contributed by atoms with E-state index in [9.17, 15) is 14.9 Å². The molecule has 7 heteroatoms. The quantitative estimate of drug-likeness (QED) is 0.440. The summed E-state index contributed by atoms with van der Waals surface area (Å²) in [6.07, 6.45) is 2.01. The van der Waals surface area contributed by atoms with Crippen LogP contribution < -0.4 is 5.32 Å². The Balaban J connectivity index is 2.79. The molecule has 0 aliphatic rings. The summed E-state index contributed by atoms with van der Waals surface area (Å²) < 4.78 is 0. The molecule has 1 N–H and O–H groups in total. The van der Waals surface area contributed by atoms with Gasteiger partial charge in [0, 0.05) is 22.5 Å². The van der Waals surface area contributed by atoms with Crippen molar-refractivity contribution in [3.05, 3.63) is 38.9 Å². The highest BCUT2D eigenvalue weighted by Crippen LogP contribution is 2.24. The molecule has 0 saturated carbocycles. The molecule has 0 spiro atoms. The molecule has 0 fully saturated rings. The fourth-order valence-corrected chi connectivity index (χ4v) is 3.18. The maximum Gasteiger partial charge on any atom is 0.283 e. The second kappa shape index (κ2) is 8.34. The Kier molecular flexibility index (Phi) is 7.11. The number of nitrogens with zero attached hydrogens (tertiary/aromatic N) is 1. The molecule has 0 aromatic heterocycles. The van der Waals surface area contributed by atoms with Crippen LogP contribution in [0, 0.1) is 16.0 Å². The molecule has 0 heterocycles. The lowest BCUT2D eigenvalue weighted by molar-refractivity contribution is -0.385. The molecule has 5 nitrogen and oxygen atoms in total. The van der Waals surface area contributed by atoms with Crippen molar-refractivity contribution in [2.45, 2.75) is 31.5 Å². The number of amides is 1. The van der Waals surface area contributed by atoms with Crippen molar-refractivity contribution in [2.75, 3.05) is 6.54 Å². The Morgan fingerprint density at radius 3 is 2.57 bits per heavy atom. The summed E-state index contributed by atoms with van der Waals surface area (Å²) in [7, 11) is 0. The number of benzene rings is 1. The van der Waals surface area contributed by atoms with E-state index >= 15 is 0 Å². The van der Waals surface area contributed by atoms with Crippen LogP contribution >= 0.6 is 27.5 Å². The number of carbonyl (C=O) groups excluding carboxylic acids is 1. The molecule has 116 valence electrons. The molecule has 1 amide bonds. The van der Waals surface area contributed by atoms with Crippen LogP contribution in [0.3, 0.4) is 0 Å². The summed E-state index contributed by atoms with van der Waals surface area (Å²) in [5.74, 6) is -0.0146. The third-order valence-electron chi connectivity index (χ3n) is 3.42. The number of nitrogens with one attached hydrogen (secondary N) is 1.